The first-order chi connectivity index (χ1) is 22.6. The Labute approximate surface area is 275 Å². The second kappa shape index (κ2) is 16.7. The summed E-state index contributed by atoms with van der Waals surface area (Å²) >= 11 is 0. The summed E-state index contributed by atoms with van der Waals surface area (Å²) in [6, 6.07) is 21.1. The molecule has 1 heterocycles. The van der Waals surface area contributed by atoms with Gasteiger partial charge in [-0.05, 0) is 40.8 Å². The van der Waals surface area contributed by atoms with Gasteiger partial charge in [0.2, 0.25) is 33.7 Å². The summed E-state index contributed by atoms with van der Waals surface area (Å²) in [5.41, 5.74) is 2.73. The molecule has 1 saturated heterocycles. The van der Waals surface area contributed by atoms with Crippen molar-refractivity contribution in [3.63, 3.8) is 0 Å². The lowest BCUT2D eigenvalue weighted by atomic mass is 10.00. The van der Waals surface area contributed by atoms with E-state index in [1.54, 1.807) is 55.6 Å². The molecule has 3 atom stereocenters. The van der Waals surface area contributed by atoms with Crippen molar-refractivity contribution in [1.82, 2.24) is 20.7 Å². The SMILES string of the molecule is CCCCCNC(=O)C(Cc1ccc([C@@H]2CC(=O)NS2(=O)=O)cc1)NC(=O)[C@H](Cc1ccccc1)NC(=O)Cc1ccc(OC)cc1. The van der Waals surface area contributed by atoms with Crippen LogP contribution in [0.25, 0.3) is 0 Å². The normalized spacial score (nSPS) is 16.4. The number of rotatable bonds is 16. The Balaban J connectivity index is 1.51. The van der Waals surface area contributed by atoms with Gasteiger partial charge in [-0.3, -0.25) is 23.9 Å². The van der Waals surface area contributed by atoms with Crippen LogP contribution in [0.3, 0.4) is 0 Å². The molecule has 0 bridgehead atoms. The number of hydrogen-bond acceptors (Lipinski definition) is 7. The molecule has 3 aromatic rings. The molecule has 0 spiro atoms. The molecular weight excluding hydrogens is 620 g/mol. The number of methoxy groups -OCH3 is 1. The summed E-state index contributed by atoms with van der Waals surface area (Å²) in [5, 5.41) is 7.65. The molecular formula is C35H42N4O7S. The lowest BCUT2D eigenvalue weighted by molar-refractivity contribution is -0.132. The van der Waals surface area contributed by atoms with Crippen molar-refractivity contribution in [2.75, 3.05) is 13.7 Å². The number of ether oxygens (including phenoxy) is 1. The minimum Gasteiger partial charge on any atom is -0.497 e. The molecule has 12 heteroatoms. The fourth-order valence-corrected chi connectivity index (χ4v) is 6.80. The van der Waals surface area contributed by atoms with Crippen LogP contribution in [0.15, 0.2) is 78.9 Å². The highest BCUT2D eigenvalue weighted by molar-refractivity contribution is 7.90. The third-order valence-electron chi connectivity index (χ3n) is 7.96. The minimum atomic E-state index is -3.80. The van der Waals surface area contributed by atoms with Crippen LogP contribution in [0.2, 0.25) is 0 Å². The van der Waals surface area contributed by atoms with E-state index in [2.05, 4.69) is 22.9 Å². The van der Waals surface area contributed by atoms with Gasteiger partial charge in [-0.25, -0.2) is 8.42 Å². The van der Waals surface area contributed by atoms with Crippen molar-refractivity contribution in [2.24, 2.45) is 0 Å². The Hall–Kier alpha value is -4.71. The van der Waals surface area contributed by atoms with E-state index in [9.17, 15) is 27.6 Å². The standard InChI is InChI=1S/C35H42N4O7S/c1-3-4-8-19-36-34(42)29(21-25-11-15-27(16-12-25)31-23-33(41)39-47(31,44)45)38-35(43)30(20-24-9-6-5-7-10-24)37-32(40)22-26-13-17-28(46-2)18-14-26/h5-7,9-18,29-31H,3-4,8,19-23H2,1-2H3,(H,36,42)(H,37,40)(H,38,43)(H,39,41)/t29?,30-,31-/m0/s1. The van der Waals surface area contributed by atoms with E-state index in [-0.39, 0.29) is 37.5 Å². The lowest BCUT2D eigenvalue weighted by Gasteiger charge is -2.24. The van der Waals surface area contributed by atoms with E-state index in [4.69, 9.17) is 4.74 Å². The van der Waals surface area contributed by atoms with Gasteiger partial charge in [0.15, 0.2) is 0 Å². The Morgan fingerprint density at radius 3 is 2.04 bits per heavy atom. The predicted octanol–water partition coefficient (Wildman–Crippen LogP) is 2.89. The van der Waals surface area contributed by atoms with Crippen molar-refractivity contribution in [3.8, 4) is 5.75 Å². The van der Waals surface area contributed by atoms with E-state index in [0.29, 0.717) is 23.4 Å². The van der Waals surface area contributed by atoms with E-state index >= 15 is 0 Å². The summed E-state index contributed by atoms with van der Waals surface area (Å²) in [6.45, 7) is 2.51. The van der Waals surface area contributed by atoms with Gasteiger partial charge in [-0.15, -0.1) is 0 Å². The average molecular weight is 663 g/mol. The Morgan fingerprint density at radius 1 is 0.830 bits per heavy atom. The number of carbonyl (C=O) groups excluding carboxylic acids is 4. The van der Waals surface area contributed by atoms with Crippen LogP contribution < -0.4 is 25.4 Å². The van der Waals surface area contributed by atoms with Crippen LogP contribution in [0.1, 0.15) is 60.1 Å². The first kappa shape index (κ1) is 35.1. The van der Waals surface area contributed by atoms with Crippen LogP contribution in [0.4, 0.5) is 0 Å². The Kier molecular flexibility index (Phi) is 12.5. The molecule has 0 radical (unpaired) electrons. The van der Waals surface area contributed by atoms with Crippen molar-refractivity contribution in [1.29, 1.82) is 0 Å². The van der Waals surface area contributed by atoms with Crippen LogP contribution in [0.5, 0.6) is 5.75 Å². The third kappa shape index (κ3) is 10.4. The number of hydrogen-bond donors (Lipinski definition) is 4. The maximum Gasteiger partial charge on any atom is 0.243 e. The Bertz CT molecular complexity index is 1630. The van der Waals surface area contributed by atoms with Crippen molar-refractivity contribution < 1.29 is 32.3 Å². The van der Waals surface area contributed by atoms with Gasteiger partial charge in [0.1, 0.15) is 23.1 Å². The molecule has 0 aromatic heterocycles. The second-order valence-corrected chi connectivity index (χ2v) is 13.5. The quantitative estimate of drug-likeness (QED) is 0.172. The molecule has 0 saturated carbocycles. The molecule has 1 aliphatic heterocycles. The largest absolute Gasteiger partial charge is 0.497 e. The van der Waals surface area contributed by atoms with E-state index < -0.39 is 39.2 Å². The van der Waals surface area contributed by atoms with Gasteiger partial charge in [-0.2, -0.15) is 0 Å². The molecule has 3 aromatic carbocycles. The van der Waals surface area contributed by atoms with Crippen LogP contribution >= 0.6 is 0 Å². The highest BCUT2D eigenvalue weighted by atomic mass is 32.2. The van der Waals surface area contributed by atoms with Gasteiger partial charge >= 0.3 is 0 Å². The maximum absolute atomic E-state index is 13.8. The van der Waals surface area contributed by atoms with Crippen molar-refractivity contribution >= 4 is 33.7 Å². The van der Waals surface area contributed by atoms with E-state index in [0.717, 1.165) is 30.4 Å². The van der Waals surface area contributed by atoms with E-state index in [1.807, 2.05) is 35.1 Å². The summed E-state index contributed by atoms with van der Waals surface area (Å²) in [7, 11) is -2.24. The molecule has 1 aliphatic rings. The maximum atomic E-state index is 13.8. The second-order valence-electron chi connectivity index (χ2n) is 11.6. The van der Waals surface area contributed by atoms with Gasteiger partial charge in [-0.1, -0.05) is 86.5 Å². The molecule has 4 amide bonds. The Morgan fingerprint density at radius 2 is 1.45 bits per heavy atom. The summed E-state index contributed by atoms with van der Waals surface area (Å²) < 4.78 is 31.8. The lowest BCUT2D eigenvalue weighted by Crippen LogP contribution is -2.55. The summed E-state index contributed by atoms with van der Waals surface area (Å²) in [6.07, 6.45) is 2.94. The molecule has 4 rings (SSSR count). The smallest absolute Gasteiger partial charge is 0.243 e. The third-order valence-corrected chi connectivity index (χ3v) is 9.66. The van der Waals surface area contributed by atoms with Gasteiger partial charge in [0.05, 0.1) is 20.0 Å². The zero-order valence-electron chi connectivity index (χ0n) is 26.7. The van der Waals surface area contributed by atoms with E-state index in [1.165, 1.54) is 0 Å². The highest BCUT2D eigenvalue weighted by Gasteiger charge is 2.37. The monoisotopic (exact) mass is 662 g/mol. The first-order valence-corrected chi connectivity index (χ1v) is 17.3. The molecule has 11 nitrogen and oxygen atoms in total. The number of carbonyl (C=O) groups is 4. The predicted molar refractivity (Wildman–Crippen MR) is 178 cm³/mol. The fourth-order valence-electron chi connectivity index (χ4n) is 5.38. The zero-order chi connectivity index (χ0) is 33.8. The summed E-state index contributed by atoms with van der Waals surface area (Å²) in [5.74, 6) is -1.11. The fraction of sp³-hybridized carbons (Fsp3) is 0.371. The van der Waals surface area contributed by atoms with Crippen LogP contribution in [0, 0.1) is 0 Å². The van der Waals surface area contributed by atoms with Crippen molar-refractivity contribution in [3.05, 3.63) is 101 Å². The van der Waals surface area contributed by atoms with Gasteiger partial charge in [0, 0.05) is 19.4 Å². The number of nitrogens with one attached hydrogen (secondary N) is 4. The van der Waals surface area contributed by atoms with Crippen LogP contribution in [-0.4, -0.2) is 57.8 Å². The molecule has 250 valence electrons. The zero-order valence-corrected chi connectivity index (χ0v) is 27.5. The first-order valence-electron chi connectivity index (χ1n) is 15.8. The molecule has 4 N–H and O–H groups in total. The molecule has 0 aliphatic carbocycles. The van der Waals surface area contributed by atoms with Gasteiger partial charge in [0.25, 0.3) is 0 Å². The molecule has 47 heavy (non-hydrogen) atoms. The summed E-state index contributed by atoms with van der Waals surface area (Å²) in [4.78, 5) is 52.0. The molecule has 1 unspecified atom stereocenters. The number of sulfonamides is 1. The minimum absolute atomic E-state index is 0.0497. The number of amides is 4. The van der Waals surface area contributed by atoms with Gasteiger partial charge < -0.3 is 20.7 Å². The molecule has 1 fully saturated rings. The topological polar surface area (TPSA) is 160 Å². The average Bonchev–Trinajstić information content (AvgIpc) is 3.34. The number of benzene rings is 3. The number of unbranched alkanes of at least 4 members (excludes halogenated alkanes) is 2. The van der Waals surface area contributed by atoms with Crippen LogP contribution in [-0.2, 0) is 48.5 Å². The highest BCUT2D eigenvalue weighted by Crippen LogP contribution is 2.30. The van der Waals surface area contributed by atoms with Crippen molar-refractivity contribution in [2.45, 2.75) is 69.2 Å².